The number of hydrogen-bond acceptors (Lipinski definition) is 15. The van der Waals surface area contributed by atoms with Gasteiger partial charge in [0.05, 0.1) is 25.6 Å². The Bertz CT molecular complexity index is 1890. The molecule has 2 fully saturated rings. The van der Waals surface area contributed by atoms with Gasteiger partial charge in [0.1, 0.15) is 31.1 Å². The molecule has 6 heterocycles. The highest BCUT2D eigenvalue weighted by atomic mass is 32.5. The van der Waals surface area contributed by atoms with Crippen molar-refractivity contribution in [2.24, 2.45) is 0 Å². The summed E-state index contributed by atoms with van der Waals surface area (Å²) in [6.45, 7) is -4.52. The summed E-state index contributed by atoms with van der Waals surface area (Å²) in [5, 5.41) is 0. The summed E-state index contributed by atoms with van der Waals surface area (Å²) < 4.78 is 78.0. The number of nitrogens with two attached hydrogens (primary N) is 1. The lowest BCUT2D eigenvalue weighted by atomic mass is 10.1. The van der Waals surface area contributed by atoms with E-state index in [1.165, 1.54) is 17.8 Å². The first kappa shape index (κ1) is 30.8. The van der Waals surface area contributed by atoms with Crippen LogP contribution >= 0.6 is 15.0 Å². The van der Waals surface area contributed by atoms with Gasteiger partial charge >= 0.3 is 15.0 Å². The highest BCUT2D eigenvalue weighted by Crippen LogP contribution is 2.51. The smallest absolute Gasteiger partial charge is 0.369 e. The van der Waals surface area contributed by atoms with Crippen LogP contribution in [0.15, 0.2) is 28.6 Å². The minimum absolute atomic E-state index is 0.0151. The summed E-state index contributed by atoms with van der Waals surface area (Å²) >= 11 is 5.09. The van der Waals surface area contributed by atoms with Crippen LogP contribution in [0.3, 0.4) is 0 Å². The highest BCUT2D eigenvalue weighted by molar-refractivity contribution is 8.07. The molecule has 236 valence electrons. The number of imidazole rings is 2. The van der Waals surface area contributed by atoms with Crippen LogP contribution in [0.4, 0.5) is 14.7 Å². The molecule has 2 bridgehead atoms. The molecule has 19 nitrogen and oxygen atoms in total. The number of alkyl halides is 2. The zero-order chi connectivity index (χ0) is 31.3. The van der Waals surface area contributed by atoms with E-state index >= 15 is 8.78 Å². The van der Waals surface area contributed by atoms with E-state index in [0.29, 0.717) is 0 Å². The molecule has 2 saturated heterocycles. The molecule has 0 aliphatic carbocycles. The largest absolute Gasteiger partial charge is 0.700 e. The lowest BCUT2D eigenvalue weighted by molar-refractivity contribution is -0.145. The summed E-state index contributed by atoms with van der Waals surface area (Å²) in [5.74, 6) is -0.268. The minimum atomic E-state index is -4.41. The van der Waals surface area contributed by atoms with Crippen LogP contribution in [0.5, 0.6) is 0 Å². The Morgan fingerprint density at radius 2 is 1.95 bits per heavy atom. The molecule has 0 saturated carbocycles. The first-order valence-electron chi connectivity index (χ1n) is 12.6. The Morgan fingerprint density at radius 3 is 2.75 bits per heavy atom. The van der Waals surface area contributed by atoms with Gasteiger partial charge in [-0.2, -0.15) is 4.98 Å². The number of H-pyrrole nitrogens is 2. The van der Waals surface area contributed by atoms with E-state index in [4.69, 9.17) is 45.1 Å². The van der Waals surface area contributed by atoms with Crippen LogP contribution in [0.2, 0.25) is 0 Å². The molecule has 0 aromatic carbocycles. The monoisotopic (exact) mass is 680 g/mol. The van der Waals surface area contributed by atoms with Crippen LogP contribution in [0, 0.1) is 0 Å². The van der Waals surface area contributed by atoms with Crippen molar-refractivity contribution < 1.29 is 45.8 Å². The molecule has 9 atom stereocenters. The van der Waals surface area contributed by atoms with Crippen molar-refractivity contribution in [3.63, 3.8) is 0 Å². The van der Waals surface area contributed by atoms with Crippen molar-refractivity contribution in [2.75, 3.05) is 18.9 Å². The summed E-state index contributed by atoms with van der Waals surface area (Å²) in [6.07, 6.45) is -8.56. The zero-order valence-corrected chi connectivity index (χ0v) is 24.7. The molecule has 44 heavy (non-hydrogen) atoms. The van der Waals surface area contributed by atoms with E-state index in [2.05, 4.69) is 29.9 Å². The van der Waals surface area contributed by atoms with Crippen LogP contribution in [0.1, 0.15) is 19.4 Å². The zero-order valence-electron chi connectivity index (χ0n) is 22.1. The second kappa shape index (κ2) is 12.0. The summed E-state index contributed by atoms with van der Waals surface area (Å²) in [5.41, 5.74) is 4.27. The number of anilines is 1. The van der Waals surface area contributed by atoms with E-state index < -0.39 is 82.6 Å². The van der Waals surface area contributed by atoms with Gasteiger partial charge in [-0.15, -0.1) is 4.52 Å². The van der Waals surface area contributed by atoms with Crippen molar-refractivity contribution >= 4 is 55.1 Å². The van der Waals surface area contributed by atoms with E-state index in [1.807, 2.05) is 0 Å². The molecule has 2 aliphatic heterocycles. The first-order chi connectivity index (χ1) is 20.9. The summed E-state index contributed by atoms with van der Waals surface area (Å²) in [4.78, 5) is 55.8. The maximum Gasteiger partial charge on any atom is 0.700 e. The normalized spacial score (nSPS) is 31.9. The SMILES string of the molecule is C[C@@H](O[C@@H]1COP(O)(=S)O[C@@H]2[C@@H](F)[C@@H](CO[P+](=O)OC1F)O[C@H]2n1cnc2c(=O)[nH]c(N)nc21)n1cnc2c(=O)[nH]cnc21. The van der Waals surface area contributed by atoms with Gasteiger partial charge in [0.2, 0.25) is 5.95 Å². The fourth-order valence-electron chi connectivity index (χ4n) is 4.59. The van der Waals surface area contributed by atoms with Gasteiger partial charge in [0, 0.05) is 4.57 Å². The van der Waals surface area contributed by atoms with E-state index in [9.17, 15) is 19.0 Å². The van der Waals surface area contributed by atoms with Crippen LogP contribution in [-0.2, 0) is 43.9 Å². The maximum absolute atomic E-state index is 15.7. The molecular formula is C20H22F2N9O10P2S+. The molecular weight excluding hydrogens is 658 g/mol. The molecule has 24 heteroatoms. The molecule has 0 spiro atoms. The van der Waals surface area contributed by atoms with E-state index in [-0.39, 0.29) is 28.3 Å². The number of fused-ring (bicyclic) bond motifs is 4. The number of halogens is 2. The molecule has 6 rings (SSSR count). The van der Waals surface area contributed by atoms with Gasteiger partial charge < -0.3 is 29.6 Å². The average molecular weight is 680 g/mol. The number of hydrogen-bond donors (Lipinski definition) is 4. The number of nitrogen functional groups attached to an aromatic ring is 1. The average Bonchev–Trinajstić information content (AvgIpc) is 3.66. The Labute approximate surface area is 248 Å². The third kappa shape index (κ3) is 5.93. The lowest BCUT2D eigenvalue weighted by Gasteiger charge is -2.28. The molecule has 0 radical (unpaired) electrons. The number of ether oxygens (including phenoxy) is 2. The molecule has 2 aliphatic rings. The second-order valence-corrected chi connectivity index (χ2v) is 13.1. The van der Waals surface area contributed by atoms with Crippen LogP contribution in [0.25, 0.3) is 22.3 Å². The van der Waals surface area contributed by atoms with Crippen LogP contribution in [-0.4, -0.2) is 88.0 Å². The summed E-state index contributed by atoms with van der Waals surface area (Å²) in [7, 11) is -3.21. The van der Waals surface area contributed by atoms with Crippen LogP contribution < -0.4 is 16.9 Å². The first-order valence-corrected chi connectivity index (χ1v) is 16.2. The fraction of sp³-hybridized carbons (Fsp3) is 0.500. The van der Waals surface area contributed by atoms with Gasteiger partial charge in [-0.25, -0.2) is 23.7 Å². The molecule has 4 aromatic rings. The molecule has 3 unspecified atom stereocenters. The predicted octanol–water partition coefficient (Wildman–Crippen LogP) is 0.593. The van der Waals surface area contributed by atoms with Crippen molar-refractivity contribution in [1.29, 1.82) is 0 Å². The Hall–Kier alpha value is -3.17. The fourth-order valence-corrected chi connectivity index (χ4v) is 6.62. The number of rotatable bonds is 4. The quantitative estimate of drug-likeness (QED) is 0.215. The predicted molar refractivity (Wildman–Crippen MR) is 146 cm³/mol. The standard InChI is InChI=1S/C20H21F2N9O10P2S/c1-7(30-5-26-11-15(30)24-4-25-17(11)32)38-9-3-37-43(35,44)41-13-10(21)8(2-36-42(34)40-14(9)22)39-19(13)31-6-27-12-16(31)28-20(23)29-18(12)33/h4-10,13-14,19H,2-3H2,1H3,(H4-,23,24,25,28,29,32,33,35,44)/p+1/t7-,8-,9-,10+,13-,14?,19-,43?/m1/s1. The second-order valence-electron chi connectivity index (χ2n) is 9.42. The van der Waals surface area contributed by atoms with Crippen molar-refractivity contribution in [2.45, 2.75) is 50.2 Å². The van der Waals surface area contributed by atoms with Gasteiger partial charge in [-0.1, -0.05) is 4.52 Å². The van der Waals surface area contributed by atoms with Gasteiger partial charge in [-0.3, -0.25) is 28.2 Å². The van der Waals surface area contributed by atoms with Gasteiger partial charge in [0.25, 0.3) is 17.5 Å². The number of nitrogens with zero attached hydrogens (tertiary/aromatic N) is 6. The van der Waals surface area contributed by atoms with E-state index in [1.54, 1.807) is 0 Å². The third-order valence-electron chi connectivity index (χ3n) is 6.60. The Kier molecular flexibility index (Phi) is 8.39. The Balaban J connectivity index is 1.28. The van der Waals surface area contributed by atoms with Crippen molar-refractivity contribution in [3.05, 3.63) is 39.7 Å². The topological polar surface area (TPSA) is 246 Å². The van der Waals surface area contributed by atoms with Crippen molar-refractivity contribution in [3.8, 4) is 0 Å². The number of nitrogens with one attached hydrogen (secondary N) is 2. The van der Waals surface area contributed by atoms with Crippen molar-refractivity contribution in [1.82, 2.24) is 39.0 Å². The lowest BCUT2D eigenvalue weighted by Crippen LogP contribution is -2.34. The molecule has 5 N–H and O–H groups in total. The minimum Gasteiger partial charge on any atom is -0.369 e. The van der Waals surface area contributed by atoms with Gasteiger partial charge in [-0.05, 0) is 18.7 Å². The molecule has 4 aromatic heterocycles. The highest BCUT2D eigenvalue weighted by Gasteiger charge is 2.52. The third-order valence-corrected chi connectivity index (χ3v) is 8.89. The van der Waals surface area contributed by atoms with Gasteiger partial charge in [0.15, 0.2) is 34.7 Å². The number of aromatic nitrogens is 8. The maximum atomic E-state index is 15.7. The summed E-state index contributed by atoms with van der Waals surface area (Å²) in [6, 6.07) is 0. The molecule has 0 amide bonds. The Morgan fingerprint density at radius 1 is 1.20 bits per heavy atom. The number of aromatic amines is 2. The van der Waals surface area contributed by atoms with E-state index in [0.717, 1.165) is 17.2 Å².